The highest BCUT2D eigenvalue weighted by Gasteiger charge is 2.23. The van der Waals surface area contributed by atoms with Gasteiger partial charge in [0.1, 0.15) is 23.4 Å². The molecule has 0 bridgehead atoms. The third kappa shape index (κ3) is 4.66. The molecular weight excluding hydrogens is 442 g/mol. The molecular formula is C24H21N3O5S. The van der Waals surface area contributed by atoms with Crippen molar-refractivity contribution in [2.45, 2.75) is 32.3 Å². The third-order valence-electron chi connectivity index (χ3n) is 5.48. The van der Waals surface area contributed by atoms with Gasteiger partial charge in [0.05, 0.1) is 23.2 Å². The van der Waals surface area contributed by atoms with Crippen LogP contribution in [0.15, 0.2) is 42.5 Å². The Hall–Kier alpha value is -3.90. The molecule has 0 unspecified atom stereocenters. The van der Waals surface area contributed by atoms with Crippen molar-refractivity contribution >= 4 is 27.9 Å². The number of nitrogens with zero attached hydrogens (tertiary/aromatic N) is 2. The number of rotatable bonds is 7. The van der Waals surface area contributed by atoms with E-state index in [0.717, 1.165) is 31.2 Å². The van der Waals surface area contributed by atoms with Gasteiger partial charge in [0.15, 0.2) is 5.75 Å². The van der Waals surface area contributed by atoms with Crippen molar-refractivity contribution in [1.29, 1.82) is 5.26 Å². The average Bonchev–Trinajstić information content (AvgIpc) is 3.19. The number of benzene rings is 2. The number of ether oxygens (including phenoxy) is 2. The fourth-order valence-electron chi connectivity index (χ4n) is 3.85. The number of anilines is 1. The lowest BCUT2D eigenvalue weighted by Crippen LogP contribution is -2.13. The van der Waals surface area contributed by atoms with Gasteiger partial charge in [0.2, 0.25) is 0 Å². The van der Waals surface area contributed by atoms with Crippen LogP contribution in [0.5, 0.6) is 11.5 Å². The van der Waals surface area contributed by atoms with E-state index in [2.05, 4.69) is 11.4 Å². The van der Waals surface area contributed by atoms with Gasteiger partial charge in [0.25, 0.3) is 5.91 Å². The molecule has 0 fully saturated rings. The van der Waals surface area contributed by atoms with Crippen molar-refractivity contribution in [2.75, 3.05) is 12.4 Å². The van der Waals surface area contributed by atoms with Gasteiger partial charge in [-0.2, -0.15) is 5.26 Å². The van der Waals surface area contributed by atoms with Gasteiger partial charge in [-0.25, -0.2) is 0 Å². The number of methoxy groups -OCH3 is 1. The van der Waals surface area contributed by atoms with E-state index in [1.807, 2.05) is 0 Å². The summed E-state index contributed by atoms with van der Waals surface area (Å²) in [5, 5.41) is 24.3. The molecule has 1 aliphatic carbocycles. The molecule has 1 amide bonds. The fraction of sp³-hybridized carbons (Fsp3) is 0.250. The van der Waals surface area contributed by atoms with Crippen molar-refractivity contribution in [2.24, 2.45) is 0 Å². The molecule has 2 aromatic carbocycles. The van der Waals surface area contributed by atoms with Crippen LogP contribution < -0.4 is 14.8 Å². The number of fused-ring (bicyclic) bond motifs is 1. The Kier molecular flexibility index (Phi) is 6.56. The SMILES string of the molecule is COc1ccc(COc2ccccc2C(=O)Nc2sc3c(c2C#N)CCCC3)cc1[N+](=O)[O-]. The maximum Gasteiger partial charge on any atom is 0.311 e. The Balaban J connectivity index is 1.53. The minimum Gasteiger partial charge on any atom is -0.490 e. The summed E-state index contributed by atoms with van der Waals surface area (Å²) in [6, 6.07) is 13.6. The number of aryl methyl sites for hydroxylation is 1. The number of hydrogen-bond acceptors (Lipinski definition) is 7. The Labute approximate surface area is 194 Å². The zero-order valence-electron chi connectivity index (χ0n) is 17.9. The molecule has 1 N–H and O–H groups in total. The first-order valence-electron chi connectivity index (χ1n) is 10.4. The molecule has 0 aliphatic heterocycles. The minimum atomic E-state index is -0.517. The fourth-order valence-corrected chi connectivity index (χ4v) is 5.09. The van der Waals surface area contributed by atoms with E-state index in [4.69, 9.17) is 9.47 Å². The van der Waals surface area contributed by atoms with Gasteiger partial charge in [0, 0.05) is 10.9 Å². The van der Waals surface area contributed by atoms with Crippen molar-refractivity contribution in [1.82, 2.24) is 0 Å². The number of hydrogen-bond donors (Lipinski definition) is 1. The Morgan fingerprint density at radius 3 is 2.76 bits per heavy atom. The van der Waals surface area contributed by atoms with Crippen molar-refractivity contribution in [3.8, 4) is 17.6 Å². The van der Waals surface area contributed by atoms with E-state index < -0.39 is 4.92 Å². The summed E-state index contributed by atoms with van der Waals surface area (Å²) in [6.07, 6.45) is 3.93. The second-order valence-electron chi connectivity index (χ2n) is 7.53. The van der Waals surface area contributed by atoms with Crippen LogP contribution in [0, 0.1) is 21.4 Å². The molecule has 0 saturated heterocycles. The van der Waals surface area contributed by atoms with E-state index in [1.165, 1.54) is 35.5 Å². The molecule has 8 nitrogen and oxygen atoms in total. The lowest BCUT2D eigenvalue weighted by molar-refractivity contribution is -0.385. The van der Waals surface area contributed by atoms with Crippen LogP contribution in [-0.4, -0.2) is 17.9 Å². The quantitative estimate of drug-likeness (QED) is 0.378. The zero-order chi connectivity index (χ0) is 23.4. The number of carbonyl (C=O) groups excluding carboxylic acids is 1. The lowest BCUT2D eigenvalue weighted by atomic mass is 9.96. The van der Waals surface area contributed by atoms with E-state index in [9.17, 15) is 20.2 Å². The zero-order valence-corrected chi connectivity index (χ0v) is 18.7. The maximum atomic E-state index is 13.1. The number of thiophene rings is 1. The smallest absolute Gasteiger partial charge is 0.311 e. The molecule has 1 aromatic heterocycles. The molecule has 0 saturated carbocycles. The topological polar surface area (TPSA) is 114 Å². The first kappa shape index (κ1) is 22.3. The summed E-state index contributed by atoms with van der Waals surface area (Å²) in [7, 11) is 1.37. The first-order chi connectivity index (χ1) is 16.0. The molecule has 168 valence electrons. The maximum absolute atomic E-state index is 13.1. The number of nitro groups is 1. The van der Waals surface area contributed by atoms with Gasteiger partial charge < -0.3 is 14.8 Å². The summed E-state index contributed by atoms with van der Waals surface area (Å²) in [5.41, 5.74) is 2.32. The summed E-state index contributed by atoms with van der Waals surface area (Å²) in [5.74, 6) is 0.130. The highest BCUT2D eigenvalue weighted by atomic mass is 32.1. The normalized spacial score (nSPS) is 12.4. The van der Waals surface area contributed by atoms with Gasteiger partial charge >= 0.3 is 5.69 Å². The molecule has 1 aliphatic rings. The largest absolute Gasteiger partial charge is 0.490 e. The second kappa shape index (κ2) is 9.71. The summed E-state index contributed by atoms with van der Waals surface area (Å²) in [6.45, 7) is 0.0336. The highest BCUT2D eigenvalue weighted by Crippen LogP contribution is 2.38. The second-order valence-corrected chi connectivity index (χ2v) is 8.63. The van der Waals surface area contributed by atoms with E-state index >= 15 is 0 Å². The average molecular weight is 464 g/mol. The number of nitro benzene ring substituents is 1. The summed E-state index contributed by atoms with van der Waals surface area (Å²) >= 11 is 1.46. The first-order valence-corrected chi connectivity index (χ1v) is 11.2. The van der Waals surface area contributed by atoms with Crippen LogP contribution in [0.4, 0.5) is 10.7 Å². The monoisotopic (exact) mass is 463 g/mol. The predicted molar refractivity (Wildman–Crippen MR) is 124 cm³/mol. The van der Waals surface area contributed by atoms with Gasteiger partial charge in [-0.3, -0.25) is 14.9 Å². The van der Waals surface area contributed by atoms with Crippen molar-refractivity contribution < 1.29 is 19.2 Å². The van der Waals surface area contributed by atoms with E-state index in [-0.39, 0.29) is 24.0 Å². The lowest BCUT2D eigenvalue weighted by Gasteiger charge is -2.12. The molecule has 0 atom stereocenters. The Morgan fingerprint density at radius 1 is 1.21 bits per heavy atom. The number of nitrogens with one attached hydrogen (secondary N) is 1. The molecule has 33 heavy (non-hydrogen) atoms. The van der Waals surface area contributed by atoms with Crippen LogP contribution in [0.3, 0.4) is 0 Å². The van der Waals surface area contributed by atoms with Crippen LogP contribution in [0.2, 0.25) is 0 Å². The summed E-state index contributed by atoms with van der Waals surface area (Å²) in [4.78, 5) is 25.0. The van der Waals surface area contributed by atoms with Gasteiger partial charge in [-0.05, 0) is 55.0 Å². The highest BCUT2D eigenvalue weighted by molar-refractivity contribution is 7.16. The van der Waals surface area contributed by atoms with E-state index in [0.29, 0.717) is 27.4 Å². The molecule has 1 heterocycles. The van der Waals surface area contributed by atoms with Crippen molar-refractivity contribution in [3.05, 3.63) is 79.7 Å². The number of nitriles is 1. The standard InChI is InChI=1S/C24H21N3O5S/c1-31-21-11-10-15(12-19(21)27(29)30)14-32-20-8-4-2-7-17(20)23(28)26-24-18(13-25)16-6-3-5-9-22(16)33-24/h2,4,7-8,10-12H,3,5-6,9,14H2,1H3,(H,26,28). The van der Waals surface area contributed by atoms with Crippen LogP contribution in [0.25, 0.3) is 0 Å². The molecule has 0 radical (unpaired) electrons. The number of para-hydroxylation sites is 1. The minimum absolute atomic E-state index is 0.0336. The number of carbonyl (C=O) groups is 1. The molecule has 0 spiro atoms. The van der Waals surface area contributed by atoms with Crippen LogP contribution in [-0.2, 0) is 19.4 Å². The van der Waals surface area contributed by atoms with Crippen LogP contribution in [0.1, 0.15) is 44.8 Å². The van der Waals surface area contributed by atoms with Crippen molar-refractivity contribution in [3.63, 3.8) is 0 Å². The summed E-state index contributed by atoms with van der Waals surface area (Å²) < 4.78 is 10.9. The van der Waals surface area contributed by atoms with Gasteiger partial charge in [-0.15, -0.1) is 11.3 Å². The molecule has 3 aromatic rings. The van der Waals surface area contributed by atoms with E-state index in [1.54, 1.807) is 30.3 Å². The number of amides is 1. The molecule has 9 heteroatoms. The Bertz CT molecular complexity index is 1260. The molecule has 4 rings (SSSR count). The third-order valence-corrected chi connectivity index (χ3v) is 6.68. The predicted octanol–water partition coefficient (Wildman–Crippen LogP) is 5.25. The van der Waals surface area contributed by atoms with Gasteiger partial charge in [-0.1, -0.05) is 18.2 Å². The Morgan fingerprint density at radius 2 is 2.00 bits per heavy atom. The van der Waals surface area contributed by atoms with Crippen LogP contribution >= 0.6 is 11.3 Å².